The molecule has 6 heteroatoms. The fourth-order valence-corrected chi connectivity index (χ4v) is 2.26. The summed E-state index contributed by atoms with van der Waals surface area (Å²) < 4.78 is 0. The lowest BCUT2D eigenvalue weighted by Gasteiger charge is -2.33. The zero-order valence-corrected chi connectivity index (χ0v) is 10.8. The minimum atomic E-state index is -1.15. The third-order valence-corrected chi connectivity index (χ3v) is 3.32. The molecule has 2 rings (SSSR count). The Balaban J connectivity index is 2.12. The SMILES string of the molecule is CC1CCCCN1C(=O)Nc1cccnc1C(=O)O. The molecule has 1 unspecified atom stereocenters. The predicted molar refractivity (Wildman–Crippen MR) is 70.2 cm³/mol. The summed E-state index contributed by atoms with van der Waals surface area (Å²) in [6.45, 7) is 2.70. The lowest BCUT2D eigenvalue weighted by atomic mass is 10.0. The zero-order valence-electron chi connectivity index (χ0n) is 10.8. The highest BCUT2D eigenvalue weighted by molar-refractivity contribution is 5.98. The number of nitrogens with one attached hydrogen (secondary N) is 1. The first-order valence-electron chi connectivity index (χ1n) is 6.35. The van der Waals surface area contributed by atoms with Gasteiger partial charge in [0, 0.05) is 18.8 Å². The number of nitrogens with zero attached hydrogens (tertiary/aromatic N) is 2. The van der Waals surface area contributed by atoms with Crippen molar-refractivity contribution in [3.05, 3.63) is 24.0 Å². The van der Waals surface area contributed by atoms with Crippen LogP contribution >= 0.6 is 0 Å². The van der Waals surface area contributed by atoms with E-state index in [9.17, 15) is 9.59 Å². The number of piperidine rings is 1. The Labute approximate surface area is 111 Å². The lowest BCUT2D eigenvalue weighted by Crippen LogP contribution is -2.44. The Hall–Kier alpha value is -2.11. The number of pyridine rings is 1. The van der Waals surface area contributed by atoms with Crippen LogP contribution in [0.2, 0.25) is 0 Å². The third-order valence-electron chi connectivity index (χ3n) is 3.32. The zero-order chi connectivity index (χ0) is 13.8. The van der Waals surface area contributed by atoms with Crippen molar-refractivity contribution in [1.82, 2.24) is 9.88 Å². The molecule has 0 saturated carbocycles. The molecule has 2 amide bonds. The van der Waals surface area contributed by atoms with Crippen LogP contribution in [0.3, 0.4) is 0 Å². The number of carbonyl (C=O) groups excluding carboxylic acids is 1. The van der Waals surface area contributed by atoms with Crippen molar-refractivity contribution < 1.29 is 14.7 Å². The van der Waals surface area contributed by atoms with Gasteiger partial charge in [-0.15, -0.1) is 0 Å². The van der Waals surface area contributed by atoms with E-state index in [-0.39, 0.29) is 23.5 Å². The van der Waals surface area contributed by atoms with Crippen LogP contribution in [0.15, 0.2) is 18.3 Å². The summed E-state index contributed by atoms with van der Waals surface area (Å²) in [6, 6.07) is 3.06. The van der Waals surface area contributed by atoms with E-state index in [0.717, 1.165) is 19.3 Å². The van der Waals surface area contributed by atoms with Crippen LogP contribution in [0.5, 0.6) is 0 Å². The molecule has 102 valence electrons. The molecule has 1 aliphatic rings. The first kappa shape index (κ1) is 13.3. The van der Waals surface area contributed by atoms with E-state index in [1.807, 2.05) is 6.92 Å². The van der Waals surface area contributed by atoms with E-state index >= 15 is 0 Å². The van der Waals surface area contributed by atoms with Crippen molar-refractivity contribution in [3.8, 4) is 0 Å². The largest absolute Gasteiger partial charge is 0.476 e. The molecule has 19 heavy (non-hydrogen) atoms. The summed E-state index contributed by atoms with van der Waals surface area (Å²) in [4.78, 5) is 28.7. The minimum Gasteiger partial charge on any atom is -0.476 e. The molecule has 1 aromatic rings. The lowest BCUT2D eigenvalue weighted by molar-refractivity contribution is 0.0691. The molecule has 1 atom stereocenters. The van der Waals surface area contributed by atoms with Gasteiger partial charge in [0.1, 0.15) is 0 Å². The van der Waals surface area contributed by atoms with Crippen molar-refractivity contribution in [2.24, 2.45) is 0 Å². The topological polar surface area (TPSA) is 82.5 Å². The van der Waals surface area contributed by atoms with Crippen molar-refractivity contribution in [1.29, 1.82) is 0 Å². The number of anilines is 1. The average molecular weight is 263 g/mol. The summed E-state index contributed by atoms with van der Waals surface area (Å²) in [5.41, 5.74) is 0.0956. The number of carbonyl (C=O) groups is 2. The van der Waals surface area contributed by atoms with E-state index in [1.165, 1.54) is 6.20 Å². The first-order chi connectivity index (χ1) is 9.09. The maximum absolute atomic E-state index is 12.1. The predicted octanol–water partition coefficient (Wildman–Crippen LogP) is 2.19. The minimum absolute atomic E-state index is 0.138. The number of carboxylic acids is 1. The molecule has 1 aliphatic heterocycles. The van der Waals surface area contributed by atoms with Crippen LogP contribution in [0.1, 0.15) is 36.7 Å². The van der Waals surface area contributed by atoms with Gasteiger partial charge in [-0.05, 0) is 38.3 Å². The van der Waals surface area contributed by atoms with Crippen molar-refractivity contribution in [2.45, 2.75) is 32.2 Å². The normalized spacial score (nSPS) is 19.0. The monoisotopic (exact) mass is 263 g/mol. The Morgan fingerprint density at radius 1 is 1.47 bits per heavy atom. The second kappa shape index (κ2) is 5.69. The number of carboxylic acid groups (broad SMARTS) is 1. The van der Waals surface area contributed by atoms with E-state index in [2.05, 4.69) is 10.3 Å². The first-order valence-corrected chi connectivity index (χ1v) is 6.35. The van der Waals surface area contributed by atoms with Crippen LogP contribution < -0.4 is 5.32 Å². The molecule has 1 fully saturated rings. The van der Waals surface area contributed by atoms with E-state index in [0.29, 0.717) is 6.54 Å². The highest BCUT2D eigenvalue weighted by atomic mass is 16.4. The van der Waals surface area contributed by atoms with Crippen molar-refractivity contribution in [3.63, 3.8) is 0 Å². The number of hydrogen-bond donors (Lipinski definition) is 2. The van der Waals surface area contributed by atoms with Gasteiger partial charge in [0.25, 0.3) is 0 Å². The molecule has 1 saturated heterocycles. The molecule has 0 spiro atoms. The van der Waals surface area contributed by atoms with Crippen LogP contribution in [0.4, 0.5) is 10.5 Å². The Kier molecular flexibility index (Phi) is 3.99. The van der Waals surface area contributed by atoms with E-state index < -0.39 is 5.97 Å². The van der Waals surface area contributed by atoms with Gasteiger partial charge in [-0.25, -0.2) is 14.6 Å². The van der Waals surface area contributed by atoms with E-state index in [4.69, 9.17) is 5.11 Å². The Bertz CT molecular complexity index is 490. The number of aromatic nitrogens is 1. The summed E-state index contributed by atoms with van der Waals surface area (Å²) >= 11 is 0. The van der Waals surface area contributed by atoms with Gasteiger partial charge >= 0.3 is 12.0 Å². The summed E-state index contributed by atoms with van der Waals surface area (Å²) in [5.74, 6) is -1.15. The van der Waals surface area contributed by atoms with Gasteiger partial charge in [-0.2, -0.15) is 0 Å². The van der Waals surface area contributed by atoms with Gasteiger partial charge < -0.3 is 15.3 Å². The number of aromatic carboxylic acids is 1. The quantitative estimate of drug-likeness (QED) is 0.856. The fourth-order valence-electron chi connectivity index (χ4n) is 2.26. The average Bonchev–Trinajstić information content (AvgIpc) is 2.39. The third kappa shape index (κ3) is 3.01. The van der Waals surface area contributed by atoms with Crippen LogP contribution in [0.25, 0.3) is 0 Å². The molecule has 6 nitrogen and oxygen atoms in total. The number of amides is 2. The van der Waals surface area contributed by atoms with Gasteiger partial charge in [-0.3, -0.25) is 0 Å². The molecular formula is C13H17N3O3. The van der Waals surface area contributed by atoms with Crippen LogP contribution in [0, 0.1) is 0 Å². The molecule has 0 radical (unpaired) electrons. The maximum Gasteiger partial charge on any atom is 0.356 e. The molecule has 2 N–H and O–H groups in total. The van der Waals surface area contributed by atoms with Crippen molar-refractivity contribution in [2.75, 3.05) is 11.9 Å². The number of rotatable bonds is 2. The summed E-state index contributed by atoms with van der Waals surface area (Å²) in [5, 5.41) is 11.6. The van der Waals surface area contributed by atoms with Gasteiger partial charge in [0.2, 0.25) is 0 Å². The molecule has 0 aliphatic carbocycles. The molecule has 0 bridgehead atoms. The smallest absolute Gasteiger partial charge is 0.356 e. The van der Waals surface area contributed by atoms with Crippen LogP contribution in [-0.2, 0) is 0 Å². The molecule has 1 aromatic heterocycles. The maximum atomic E-state index is 12.1. The summed E-state index contributed by atoms with van der Waals surface area (Å²) in [7, 11) is 0. The second-order valence-corrected chi connectivity index (χ2v) is 4.67. The van der Waals surface area contributed by atoms with E-state index in [1.54, 1.807) is 17.0 Å². The molecular weight excluding hydrogens is 246 g/mol. The molecule has 0 aromatic carbocycles. The van der Waals surface area contributed by atoms with Gasteiger partial charge in [0.05, 0.1) is 5.69 Å². The highest BCUT2D eigenvalue weighted by Gasteiger charge is 2.24. The number of hydrogen-bond acceptors (Lipinski definition) is 3. The Morgan fingerprint density at radius 3 is 2.95 bits per heavy atom. The van der Waals surface area contributed by atoms with Gasteiger partial charge in [-0.1, -0.05) is 0 Å². The molecule has 2 heterocycles. The number of urea groups is 1. The van der Waals surface area contributed by atoms with Crippen LogP contribution in [-0.4, -0.2) is 39.6 Å². The number of likely N-dealkylation sites (tertiary alicyclic amines) is 1. The Morgan fingerprint density at radius 2 is 2.26 bits per heavy atom. The summed E-state index contributed by atoms with van der Waals surface area (Å²) in [6.07, 6.45) is 4.48. The standard InChI is InChI=1S/C13H17N3O3/c1-9-5-2-3-8-16(9)13(19)15-10-6-4-7-14-11(10)12(17)18/h4,6-7,9H,2-3,5,8H2,1H3,(H,15,19)(H,17,18). The highest BCUT2D eigenvalue weighted by Crippen LogP contribution is 2.19. The second-order valence-electron chi connectivity index (χ2n) is 4.67. The fraction of sp³-hybridized carbons (Fsp3) is 0.462. The van der Waals surface area contributed by atoms with Gasteiger partial charge in [0.15, 0.2) is 5.69 Å². The van der Waals surface area contributed by atoms with Crippen molar-refractivity contribution >= 4 is 17.7 Å².